The Morgan fingerprint density at radius 2 is 1.80 bits per heavy atom. The maximum Gasteiger partial charge on any atom is 0.294 e. The summed E-state index contributed by atoms with van der Waals surface area (Å²) < 4.78 is 19.3. The van der Waals surface area contributed by atoms with Crippen LogP contribution >= 0.6 is 11.8 Å². The van der Waals surface area contributed by atoms with Crippen molar-refractivity contribution in [1.29, 1.82) is 0 Å². The fourth-order valence-electron chi connectivity index (χ4n) is 3.51. The number of anilines is 1. The molecule has 0 radical (unpaired) electrons. The van der Waals surface area contributed by atoms with Crippen LogP contribution in [0.1, 0.15) is 22.3 Å². The first-order valence-corrected chi connectivity index (χ1v) is 11.7. The van der Waals surface area contributed by atoms with Crippen molar-refractivity contribution >= 4 is 40.6 Å². The van der Waals surface area contributed by atoms with E-state index in [0.717, 1.165) is 27.8 Å². The van der Waals surface area contributed by atoms with Crippen LogP contribution in [0, 0.1) is 19.7 Å². The maximum atomic E-state index is 13.7. The number of nitrogens with zero attached hydrogens (tertiary/aromatic N) is 1. The largest absolute Gasteiger partial charge is 0.489 e. The molecule has 1 heterocycles. The first kappa shape index (κ1) is 24.2. The molecule has 1 saturated heterocycles. The lowest BCUT2D eigenvalue weighted by atomic mass is 10.1. The molecule has 1 aliphatic heterocycles. The number of carbonyl (C=O) groups is 3. The van der Waals surface area contributed by atoms with Crippen molar-refractivity contribution in [2.24, 2.45) is 0 Å². The predicted octanol–water partition coefficient (Wildman–Crippen LogP) is 5.70. The molecular formula is C27H23FN2O4S. The molecule has 0 atom stereocenters. The van der Waals surface area contributed by atoms with E-state index in [1.807, 2.05) is 26.0 Å². The van der Waals surface area contributed by atoms with E-state index in [4.69, 9.17) is 4.74 Å². The van der Waals surface area contributed by atoms with Crippen molar-refractivity contribution in [1.82, 2.24) is 4.90 Å². The third-order valence-electron chi connectivity index (χ3n) is 5.36. The summed E-state index contributed by atoms with van der Waals surface area (Å²) in [6.45, 7) is 3.56. The molecule has 4 rings (SSSR count). The molecule has 0 spiro atoms. The summed E-state index contributed by atoms with van der Waals surface area (Å²) in [5, 5.41) is 2.25. The van der Waals surface area contributed by atoms with E-state index in [9.17, 15) is 18.8 Å². The van der Waals surface area contributed by atoms with Crippen molar-refractivity contribution < 1.29 is 23.5 Å². The Morgan fingerprint density at radius 3 is 2.51 bits per heavy atom. The third kappa shape index (κ3) is 5.96. The van der Waals surface area contributed by atoms with Crippen LogP contribution in [0.25, 0.3) is 6.08 Å². The van der Waals surface area contributed by atoms with Gasteiger partial charge in [0.15, 0.2) is 0 Å². The first-order valence-electron chi connectivity index (χ1n) is 10.9. The van der Waals surface area contributed by atoms with Gasteiger partial charge in [0, 0.05) is 11.3 Å². The number of halogens is 1. The molecule has 35 heavy (non-hydrogen) atoms. The van der Waals surface area contributed by atoms with E-state index in [1.54, 1.807) is 54.6 Å². The van der Waals surface area contributed by atoms with Gasteiger partial charge in [-0.25, -0.2) is 4.39 Å². The van der Waals surface area contributed by atoms with Crippen molar-refractivity contribution in [3.05, 3.63) is 99.7 Å². The van der Waals surface area contributed by atoms with E-state index < -0.39 is 17.1 Å². The van der Waals surface area contributed by atoms with Crippen LogP contribution in [0.5, 0.6) is 5.75 Å². The van der Waals surface area contributed by atoms with Gasteiger partial charge in [0.05, 0.1) is 4.91 Å². The number of thioether (sulfide) groups is 1. The molecule has 178 valence electrons. The summed E-state index contributed by atoms with van der Waals surface area (Å²) in [7, 11) is 0. The second-order valence-electron chi connectivity index (χ2n) is 8.08. The second-order valence-corrected chi connectivity index (χ2v) is 9.08. The molecule has 1 N–H and O–H groups in total. The number of carbonyl (C=O) groups excluding carboxylic acids is 3. The number of aryl methyl sites for hydroxylation is 2. The molecule has 3 aromatic rings. The lowest BCUT2D eigenvalue weighted by Gasteiger charge is -2.14. The fraction of sp³-hybridized carbons (Fsp3) is 0.148. The van der Waals surface area contributed by atoms with Crippen molar-refractivity contribution in [2.75, 3.05) is 11.9 Å². The van der Waals surface area contributed by atoms with Crippen LogP contribution < -0.4 is 10.1 Å². The van der Waals surface area contributed by atoms with Gasteiger partial charge < -0.3 is 10.1 Å². The molecule has 6 nitrogen and oxygen atoms in total. The lowest BCUT2D eigenvalue weighted by Crippen LogP contribution is -2.36. The zero-order chi connectivity index (χ0) is 24.9. The standard InChI is InChI=1S/C27H23FN2O4S/c1-17-7-12-23(18(2)13-17)29-25(31)15-30-26(32)24(35-27(30)33)14-19-8-10-21(11-9-19)34-16-20-5-3-4-6-22(20)28/h3-14H,15-16H2,1-2H3,(H,29,31)/b24-14+. The number of benzene rings is 3. The van der Waals surface area contributed by atoms with Gasteiger partial charge in [0.25, 0.3) is 11.1 Å². The molecular weight excluding hydrogens is 467 g/mol. The van der Waals surface area contributed by atoms with Gasteiger partial charge in [-0.2, -0.15) is 0 Å². The Labute approximate surface area is 206 Å². The maximum absolute atomic E-state index is 13.7. The number of rotatable bonds is 7. The quantitative estimate of drug-likeness (QED) is 0.430. The van der Waals surface area contributed by atoms with Gasteiger partial charge >= 0.3 is 0 Å². The topological polar surface area (TPSA) is 75.7 Å². The normalized spacial score (nSPS) is 14.5. The summed E-state index contributed by atoms with van der Waals surface area (Å²) >= 11 is 0.789. The highest BCUT2D eigenvalue weighted by molar-refractivity contribution is 8.18. The average molecular weight is 491 g/mol. The Kier molecular flexibility index (Phi) is 7.31. The Bertz CT molecular complexity index is 1320. The zero-order valence-electron chi connectivity index (χ0n) is 19.2. The number of nitrogens with one attached hydrogen (secondary N) is 1. The minimum atomic E-state index is -0.518. The molecule has 3 aromatic carbocycles. The zero-order valence-corrected chi connectivity index (χ0v) is 20.0. The number of imide groups is 1. The second kappa shape index (κ2) is 10.6. The van der Waals surface area contributed by atoms with Gasteiger partial charge in [0.2, 0.25) is 5.91 Å². The molecule has 0 aliphatic carbocycles. The molecule has 1 fully saturated rings. The van der Waals surface area contributed by atoms with Crippen molar-refractivity contribution in [3.8, 4) is 5.75 Å². The van der Waals surface area contributed by atoms with E-state index in [0.29, 0.717) is 22.6 Å². The highest BCUT2D eigenvalue weighted by Gasteiger charge is 2.36. The Morgan fingerprint density at radius 1 is 1.06 bits per heavy atom. The highest BCUT2D eigenvalue weighted by Crippen LogP contribution is 2.32. The summed E-state index contributed by atoms with van der Waals surface area (Å²) in [5.41, 5.74) is 3.75. The van der Waals surface area contributed by atoms with Crippen LogP contribution in [0.3, 0.4) is 0 Å². The number of ether oxygens (including phenoxy) is 1. The molecule has 0 saturated carbocycles. The molecule has 3 amide bonds. The minimum Gasteiger partial charge on any atom is -0.489 e. The van der Waals surface area contributed by atoms with Crippen LogP contribution in [-0.2, 0) is 16.2 Å². The van der Waals surface area contributed by atoms with Gasteiger partial charge in [-0.05, 0) is 67.1 Å². The number of amides is 3. The molecule has 0 aromatic heterocycles. The lowest BCUT2D eigenvalue weighted by molar-refractivity contribution is -0.127. The summed E-state index contributed by atoms with van der Waals surface area (Å²) in [5.74, 6) is -0.753. The van der Waals surface area contributed by atoms with Gasteiger partial charge in [-0.1, -0.05) is 48.0 Å². The highest BCUT2D eigenvalue weighted by atomic mass is 32.2. The molecule has 8 heteroatoms. The van der Waals surface area contributed by atoms with Gasteiger partial charge in [-0.3, -0.25) is 19.3 Å². The predicted molar refractivity (Wildman–Crippen MR) is 134 cm³/mol. The Balaban J connectivity index is 1.37. The Hall–Kier alpha value is -3.91. The van der Waals surface area contributed by atoms with E-state index in [2.05, 4.69) is 5.32 Å². The summed E-state index contributed by atoms with van der Waals surface area (Å²) in [6.07, 6.45) is 1.59. The van der Waals surface area contributed by atoms with Crippen LogP contribution in [0.2, 0.25) is 0 Å². The minimum absolute atomic E-state index is 0.0923. The monoisotopic (exact) mass is 490 g/mol. The van der Waals surface area contributed by atoms with Crippen molar-refractivity contribution in [2.45, 2.75) is 20.5 Å². The van der Waals surface area contributed by atoms with E-state index in [-0.39, 0.29) is 23.9 Å². The van der Waals surface area contributed by atoms with E-state index >= 15 is 0 Å². The van der Waals surface area contributed by atoms with Crippen LogP contribution in [-0.4, -0.2) is 28.5 Å². The first-order chi connectivity index (χ1) is 16.8. The molecule has 0 unspecified atom stereocenters. The fourth-order valence-corrected chi connectivity index (χ4v) is 4.35. The summed E-state index contributed by atoms with van der Waals surface area (Å²) in [4.78, 5) is 38.8. The van der Waals surface area contributed by atoms with Crippen LogP contribution in [0.4, 0.5) is 14.9 Å². The molecule has 0 bridgehead atoms. The van der Waals surface area contributed by atoms with E-state index in [1.165, 1.54) is 6.07 Å². The third-order valence-corrected chi connectivity index (χ3v) is 6.27. The number of hydrogen-bond donors (Lipinski definition) is 1. The smallest absolute Gasteiger partial charge is 0.294 e. The number of hydrogen-bond acceptors (Lipinski definition) is 5. The molecule has 1 aliphatic rings. The van der Waals surface area contributed by atoms with Gasteiger partial charge in [0.1, 0.15) is 24.7 Å². The van der Waals surface area contributed by atoms with Crippen LogP contribution in [0.15, 0.2) is 71.6 Å². The SMILES string of the molecule is Cc1ccc(NC(=O)CN2C(=O)S/C(=C/c3ccc(OCc4ccccc4F)cc3)C2=O)c(C)c1. The average Bonchev–Trinajstić information content (AvgIpc) is 3.08. The van der Waals surface area contributed by atoms with Crippen molar-refractivity contribution in [3.63, 3.8) is 0 Å². The summed E-state index contributed by atoms with van der Waals surface area (Å²) in [6, 6.07) is 18.9. The van der Waals surface area contributed by atoms with Gasteiger partial charge in [-0.15, -0.1) is 0 Å².